The highest BCUT2D eigenvalue weighted by Gasteiger charge is 2.23. The molecule has 0 spiro atoms. The van der Waals surface area contributed by atoms with Crippen molar-refractivity contribution >= 4 is 33.5 Å². The normalized spacial score (nSPS) is 12.9. The number of nitrogens with one attached hydrogen (secondary N) is 1. The standard InChI is InChI=1S/C12H17NO6S2/c1-20-7-8-3-4-10(19-8)11(14)13-9(12(15)16)5-6-21(2,17)18/h3-4,9H,5-7H2,1-2H3,(H,13,14)(H,15,16). The molecule has 1 atom stereocenters. The molecule has 0 aliphatic carbocycles. The van der Waals surface area contributed by atoms with Gasteiger partial charge in [-0.05, 0) is 24.8 Å². The highest BCUT2D eigenvalue weighted by molar-refractivity contribution is 7.97. The van der Waals surface area contributed by atoms with Gasteiger partial charge in [-0.1, -0.05) is 0 Å². The molecule has 0 bridgehead atoms. The lowest BCUT2D eigenvalue weighted by molar-refractivity contribution is -0.139. The first kappa shape index (κ1) is 17.6. The van der Waals surface area contributed by atoms with Crippen LogP contribution in [0.1, 0.15) is 22.7 Å². The Hall–Kier alpha value is -1.48. The van der Waals surface area contributed by atoms with Crippen molar-refractivity contribution in [2.24, 2.45) is 0 Å². The Morgan fingerprint density at radius 3 is 2.62 bits per heavy atom. The molecule has 0 saturated heterocycles. The largest absolute Gasteiger partial charge is 0.480 e. The van der Waals surface area contributed by atoms with Crippen molar-refractivity contribution in [2.75, 3.05) is 18.3 Å². The number of carboxylic acids is 1. The van der Waals surface area contributed by atoms with Crippen LogP contribution in [0.4, 0.5) is 0 Å². The topological polar surface area (TPSA) is 114 Å². The smallest absolute Gasteiger partial charge is 0.326 e. The SMILES string of the molecule is CSCc1ccc(C(=O)NC(CCS(C)(=O)=O)C(=O)O)o1. The number of carbonyl (C=O) groups is 2. The number of thioether (sulfide) groups is 1. The number of hydrogen-bond donors (Lipinski definition) is 2. The maximum Gasteiger partial charge on any atom is 0.326 e. The number of carboxylic acid groups (broad SMARTS) is 1. The zero-order valence-corrected chi connectivity index (χ0v) is 13.3. The van der Waals surface area contributed by atoms with Crippen molar-refractivity contribution in [3.8, 4) is 0 Å². The Balaban J connectivity index is 2.69. The van der Waals surface area contributed by atoms with E-state index in [0.29, 0.717) is 11.5 Å². The number of amides is 1. The van der Waals surface area contributed by atoms with Gasteiger partial charge in [0.25, 0.3) is 5.91 Å². The molecule has 0 saturated carbocycles. The average Bonchev–Trinajstić information content (AvgIpc) is 2.81. The van der Waals surface area contributed by atoms with Crippen molar-refractivity contribution in [3.63, 3.8) is 0 Å². The summed E-state index contributed by atoms with van der Waals surface area (Å²) in [6.45, 7) is 0. The maximum atomic E-state index is 11.9. The number of hydrogen-bond acceptors (Lipinski definition) is 6. The molecule has 0 aromatic carbocycles. The molecule has 2 N–H and O–H groups in total. The van der Waals surface area contributed by atoms with E-state index >= 15 is 0 Å². The quantitative estimate of drug-likeness (QED) is 0.721. The number of rotatable bonds is 8. The lowest BCUT2D eigenvalue weighted by atomic mass is 10.2. The van der Waals surface area contributed by atoms with E-state index in [1.165, 1.54) is 17.8 Å². The molecule has 1 heterocycles. The first-order valence-corrected chi connectivity index (χ1v) is 9.47. The Labute approximate surface area is 127 Å². The fourth-order valence-electron chi connectivity index (χ4n) is 1.54. The molecule has 0 radical (unpaired) electrons. The van der Waals surface area contributed by atoms with Crippen LogP contribution in [0.3, 0.4) is 0 Å². The molecule has 0 aliphatic heterocycles. The van der Waals surface area contributed by atoms with Gasteiger partial charge in [0, 0.05) is 6.26 Å². The molecule has 118 valence electrons. The van der Waals surface area contributed by atoms with Crippen LogP contribution < -0.4 is 5.32 Å². The molecule has 9 heteroatoms. The van der Waals surface area contributed by atoms with Gasteiger partial charge in [0.1, 0.15) is 21.6 Å². The van der Waals surface area contributed by atoms with Gasteiger partial charge in [0.05, 0.1) is 11.5 Å². The molecule has 1 unspecified atom stereocenters. The number of aliphatic carboxylic acids is 1. The zero-order chi connectivity index (χ0) is 16.0. The maximum absolute atomic E-state index is 11.9. The lowest BCUT2D eigenvalue weighted by Crippen LogP contribution is -2.41. The van der Waals surface area contributed by atoms with Crippen LogP contribution in [-0.4, -0.2) is 49.7 Å². The highest BCUT2D eigenvalue weighted by Crippen LogP contribution is 2.13. The molecular formula is C12H17NO6S2. The molecule has 1 amide bonds. The van der Waals surface area contributed by atoms with Crippen LogP contribution in [0.5, 0.6) is 0 Å². The van der Waals surface area contributed by atoms with E-state index in [9.17, 15) is 18.0 Å². The third-order valence-electron chi connectivity index (χ3n) is 2.55. The second kappa shape index (κ2) is 7.51. The number of sulfone groups is 1. The number of furan rings is 1. The van der Waals surface area contributed by atoms with E-state index in [4.69, 9.17) is 9.52 Å². The predicted octanol–water partition coefficient (Wildman–Crippen LogP) is 0.760. The molecule has 1 rings (SSSR count). The van der Waals surface area contributed by atoms with Gasteiger partial charge in [0.15, 0.2) is 5.76 Å². The predicted molar refractivity (Wildman–Crippen MR) is 79.1 cm³/mol. The third kappa shape index (κ3) is 6.21. The third-order valence-corrected chi connectivity index (χ3v) is 4.10. The molecule has 0 fully saturated rings. The number of carbonyl (C=O) groups excluding carboxylic acids is 1. The Bertz CT molecular complexity index is 607. The van der Waals surface area contributed by atoms with E-state index in [-0.39, 0.29) is 17.9 Å². The fraction of sp³-hybridized carbons (Fsp3) is 0.500. The summed E-state index contributed by atoms with van der Waals surface area (Å²) in [4.78, 5) is 22.9. The summed E-state index contributed by atoms with van der Waals surface area (Å²) in [6, 6.07) is 1.81. The summed E-state index contributed by atoms with van der Waals surface area (Å²) < 4.78 is 27.4. The van der Waals surface area contributed by atoms with Gasteiger partial charge in [0.2, 0.25) is 0 Å². The van der Waals surface area contributed by atoms with Crippen molar-refractivity contribution in [1.29, 1.82) is 0 Å². The minimum atomic E-state index is -3.30. The minimum absolute atomic E-state index is 0.00431. The molecule has 7 nitrogen and oxygen atoms in total. The van der Waals surface area contributed by atoms with E-state index in [0.717, 1.165) is 6.26 Å². The summed E-state index contributed by atoms with van der Waals surface area (Å²) in [5, 5.41) is 11.3. The van der Waals surface area contributed by atoms with Gasteiger partial charge >= 0.3 is 5.97 Å². The lowest BCUT2D eigenvalue weighted by Gasteiger charge is -2.12. The monoisotopic (exact) mass is 335 g/mol. The molecule has 0 aliphatic rings. The summed E-state index contributed by atoms with van der Waals surface area (Å²) >= 11 is 1.52. The fourth-order valence-corrected chi connectivity index (χ4v) is 2.64. The van der Waals surface area contributed by atoms with Crippen molar-refractivity contribution < 1.29 is 27.5 Å². The second-order valence-electron chi connectivity index (χ2n) is 4.48. The minimum Gasteiger partial charge on any atom is -0.480 e. The second-order valence-corrected chi connectivity index (χ2v) is 7.61. The van der Waals surface area contributed by atoms with Gasteiger partial charge in [-0.2, -0.15) is 11.8 Å². The first-order chi connectivity index (χ1) is 9.73. The Morgan fingerprint density at radius 2 is 2.10 bits per heavy atom. The summed E-state index contributed by atoms with van der Waals surface area (Å²) in [5.74, 6) is -1.07. The molecular weight excluding hydrogens is 318 g/mol. The first-order valence-electron chi connectivity index (χ1n) is 6.02. The molecule has 21 heavy (non-hydrogen) atoms. The van der Waals surface area contributed by atoms with Gasteiger partial charge < -0.3 is 14.8 Å². The van der Waals surface area contributed by atoms with Crippen LogP contribution in [0.15, 0.2) is 16.5 Å². The van der Waals surface area contributed by atoms with Crippen LogP contribution in [0, 0.1) is 0 Å². The average molecular weight is 335 g/mol. The van der Waals surface area contributed by atoms with Crippen LogP contribution in [0.2, 0.25) is 0 Å². The van der Waals surface area contributed by atoms with Crippen molar-refractivity contribution in [1.82, 2.24) is 5.32 Å². The van der Waals surface area contributed by atoms with E-state index in [2.05, 4.69) is 5.32 Å². The molecule has 1 aromatic rings. The highest BCUT2D eigenvalue weighted by atomic mass is 32.2. The van der Waals surface area contributed by atoms with E-state index in [1.807, 2.05) is 6.26 Å². The Kier molecular flexibility index (Phi) is 6.28. The van der Waals surface area contributed by atoms with Crippen LogP contribution in [0.25, 0.3) is 0 Å². The summed E-state index contributed by atoms with van der Waals surface area (Å²) in [5.41, 5.74) is 0. The van der Waals surface area contributed by atoms with E-state index < -0.39 is 27.8 Å². The Morgan fingerprint density at radius 1 is 1.43 bits per heavy atom. The van der Waals surface area contributed by atoms with Crippen LogP contribution in [-0.2, 0) is 20.4 Å². The van der Waals surface area contributed by atoms with Gasteiger partial charge in [-0.15, -0.1) is 0 Å². The van der Waals surface area contributed by atoms with Crippen molar-refractivity contribution in [3.05, 3.63) is 23.7 Å². The van der Waals surface area contributed by atoms with E-state index in [1.54, 1.807) is 6.07 Å². The zero-order valence-electron chi connectivity index (χ0n) is 11.7. The van der Waals surface area contributed by atoms with Gasteiger partial charge in [-0.3, -0.25) is 4.79 Å². The van der Waals surface area contributed by atoms with Crippen LogP contribution >= 0.6 is 11.8 Å². The van der Waals surface area contributed by atoms with Gasteiger partial charge in [-0.25, -0.2) is 13.2 Å². The van der Waals surface area contributed by atoms with Crippen molar-refractivity contribution in [2.45, 2.75) is 18.2 Å². The molecule has 1 aromatic heterocycles. The summed E-state index contributed by atoms with van der Waals surface area (Å²) in [7, 11) is -3.30. The summed E-state index contributed by atoms with van der Waals surface area (Å²) in [6.07, 6.45) is 2.70.